The molecule has 1 aliphatic rings. The Morgan fingerprint density at radius 1 is 1.53 bits per heavy atom. The van der Waals surface area contributed by atoms with Crippen LogP contribution in [0.2, 0.25) is 0 Å². The van der Waals surface area contributed by atoms with Gasteiger partial charge in [-0.15, -0.1) is 0 Å². The molecule has 3 atom stereocenters. The molecule has 3 unspecified atom stereocenters. The first-order valence-electron chi connectivity index (χ1n) is 6.24. The first-order valence-corrected chi connectivity index (χ1v) is 7.04. The Bertz CT molecular complexity index is 459. The lowest BCUT2D eigenvalue weighted by atomic mass is 9.89. The van der Waals surface area contributed by atoms with Gasteiger partial charge >= 0.3 is 0 Å². The predicted octanol–water partition coefficient (Wildman–Crippen LogP) is 2.53. The summed E-state index contributed by atoms with van der Waals surface area (Å²) >= 11 is 3.07. The molecule has 0 radical (unpaired) electrons. The van der Waals surface area contributed by atoms with Crippen LogP contribution in [0.15, 0.2) is 16.6 Å². The molecule has 1 aromatic rings. The zero-order chi connectivity index (χ0) is 14.0. The fraction of sp³-hybridized carbons (Fsp3) is 0.538. The summed E-state index contributed by atoms with van der Waals surface area (Å²) in [7, 11) is 0. The Morgan fingerprint density at radius 3 is 2.84 bits per heavy atom. The molecule has 1 heterocycles. The van der Waals surface area contributed by atoms with Crippen molar-refractivity contribution in [3.05, 3.63) is 33.8 Å². The molecule has 19 heavy (non-hydrogen) atoms. The molecule has 3 N–H and O–H groups in total. The average molecular weight is 335 g/mol. The number of rotatable bonds is 4. The minimum atomic E-state index is -0.563. The topological polar surface area (TPSA) is 47.3 Å². The van der Waals surface area contributed by atoms with Crippen molar-refractivity contribution in [3.8, 4) is 0 Å². The Kier molecular flexibility index (Phi) is 4.89. The van der Waals surface area contributed by atoms with Gasteiger partial charge < -0.3 is 4.74 Å². The highest BCUT2D eigenvalue weighted by molar-refractivity contribution is 9.10. The lowest BCUT2D eigenvalue weighted by Crippen LogP contribution is -2.45. The van der Waals surface area contributed by atoms with Crippen molar-refractivity contribution in [1.82, 2.24) is 5.43 Å². The van der Waals surface area contributed by atoms with Crippen LogP contribution in [0.4, 0.5) is 8.78 Å². The number of halogens is 3. The van der Waals surface area contributed by atoms with E-state index in [1.165, 1.54) is 12.1 Å². The van der Waals surface area contributed by atoms with Gasteiger partial charge in [0.25, 0.3) is 0 Å². The van der Waals surface area contributed by atoms with Crippen LogP contribution < -0.4 is 11.3 Å². The second-order valence-corrected chi connectivity index (χ2v) is 5.68. The third kappa shape index (κ3) is 3.13. The molecule has 1 aromatic carbocycles. The second kappa shape index (κ2) is 6.26. The first-order chi connectivity index (χ1) is 9.04. The number of nitrogens with two attached hydrogens (primary N) is 1. The number of nitrogens with one attached hydrogen (secondary N) is 1. The van der Waals surface area contributed by atoms with Crippen molar-refractivity contribution in [2.75, 3.05) is 6.61 Å². The lowest BCUT2D eigenvalue weighted by Gasteiger charge is -2.25. The van der Waals surface area contributed by atoms with E-state index in [-0.39, 0.29) is 34.5 Å². The van der Waals surface area contributed by atoms with Gasteiger partial charge in [0.1, 0.15) is 11.6 Å². The van der Waals surface area contributed by atoms with Gasteiger partial charge in [0.05, 0.1) is 10.6 Å². The number of ether oxygens (including phenoxy) is 1. The fourth-order valence-corrected chi connectivity index (χ4v) is 2.96. The summed E-state index contributed by atoms with van der Waals surface area (Å²) in [5.41, 5.74) is 2.72. The molecule has 1 fully saturated rings. The number of hydrazine groups is 1. The Hall–Kier alpha value is -0.560. The van der Waals surface area contributed by atoms with Crippen LogP contribution in [0.3, 0.4) is 0 Å². The SMILES string of the molecule is CC1OCCC1C(Cc1c(F)ccc(Br)c1F)NN. The molecule has 0 amide bonds. The number of benzene rings is 1. The molecule has 0 spiro atoms. The Labute approximate surface area is 119 Å². The van der Waals surface area contributed by atoms with Crippen LogP contribution >= 0.6 is 15.9 Å². The summed E-state index contributed by atoms with van der Waals surface area (Å²) in [5.74, 6) is 4.58. The molecule has 2 rings (SSSR count). The molecule has 1 aliphatic heterocycles. The maximum Gasteiger partial charge on any atom is 0.143 e. The molecule has 1 saturated heterocycles. The minimum Gasteiger partial charge on any atom is -0.378 e. The smallest absolute Gasteiger partial charge is 0.143 e. The molecular formula is C13H17BrF2N2O. The van der Waals surface area contributed by atoms with Crippen LogP contribution in [0, 0.1) is 17.6 Å². The van der Waals surface area contributed by atoms with Gasteiger partial charge in [-0.2, -0.15) is 0 Å². The fourth-order valence-electron chi connectivity index (χ4n) is 2.59. The summed E-state index contributed by atoms with van der Waals surface area (Å²) < 4.78 is 33.4. The maximum absolute atomic E-state index is 14.0. The minimum absolute atomic E-state index is 0.0410. The van der Waals surface area contributed by atoms with Crippen LogP contribution in [0.5, 0.6) is 0 Å². The third-order valence-electron chi connectivity index (χ3n) is 3.73. The van der Waals surface area contributed by atoms with Gasteiger partial charge in [0.15, 0.2) is 0 Å². The van der Waals surface area contributed by atoms with Crippen molar-refractivity contribution in [2.45, 2.75) is 31.9 Å². The summed E-state index contributed by atoms with van der Waals surface area (Å²) in [5, 5.41) is 0. The van der Waals surface area contributed by atoms with Crippen molar-refractivity contribution >= 4 is 15.9 Å². The van der Waals surface area contributed by atoms with Gasteiger partial charge in [-0.05, 0) is 47.8 Å². The molecule has 0 saturated carbocycles. The van der Waals surface area contributed by atoms with Gasteiger partial charge in [0, 0.05) is 24.1 Å². The number of hydrogen-bond acceptors (Lipinski definition) is 3. The van der Waals surface area contributed by atoms with E-state index in [0.29, 0.717) is 6.61 Å². The number of hydrogen-bond donors (Lipinski definition) is 2. The lowest BCUT2D eigenvalue weighted by molar-refractivity contribution is 0.0951. The van der Waals surface area contributed by atoms with Crippen LogP contribution in [0.1, 0.15) is 18.9 Å². The van der Waals surface area contributed by atoms with Crippen molar-refractivity contribution in [1.29, 1.82) is 0 Å². The van der Waals surface area contributed by atoms with Crippen LogP contribution in [-0.2, 0) is 11.2 Å². The zero-order valence-corrected chi connectivity index (χ0v) is 12.2. The Balaban J connectivity index is 2.21. The average Bonchev–Trinajstić information content (AvgIpc) is 2.81. The predicted molar refractivity (Wildman–Crippen MR) is 72.4 cm³/mol. The molecule has 3 nitrogen and oxygen atoms in total. The van der Waals surface area contributed by atoms with Gasteiger partial charge in [-0.25, -0.2) is 8.78 Å². The largest absolute Gasteiger partial charge is 0.378 e. The highest BCUT2D eigenvalue weighted by atomic mass is 79.9. The van der Waals surface area contributed by atoms with E-state index in [1.54, 1.807) is 0 Å². The van der Waals surface area contributed by atoms with E-state index < -0.39 is 11.6 Å². The monoisotopic (exact) mass is 334 g/mol. The van der Waals surface area contributed by atoms with Gasteiger partial charge in [0.2, 0.25) is 0 Å². The van der Waals surface area contributed by atoms with E-state index in [1.807, 2.05) is 6.92 Å². The zero-order valence-electron chi connectivity index (χ0n) is 10.6. The summed E-state index contributed by atoms with van der Waals surface area (Å²) in [6, 6.07) is 2.40. The maximum atomic E-state index is 14.0. The second-order valence-electron chi connectivity index (χ2n) is 4.83. The normalized spacial score (nSPS) is 24.7. The molecule has 106 valence electrons. The Morgan fingerprint density at radius 2 is 2.26 bits per heavy atom. The van der Waals surface area contributed by atoms with Crippen molar-refractivity contribution in [3.63, 3.8) is 0 Å². The molecule has 0 aromatic heterocycles. The van der Waals surface area contributed by atoms with E-state index in [4.69, 9.17) is 10.6 Å². The summed E-state index contributed by atoms with van der Waals surface area (Å²) in [4.78, 5) is 0. The molecule has 6 heteroatoms. The van der Waals surface area contributed by atoms with Crippen LogP contribution in [-0.4, -0.2) is 18.8 Å². The molecular weight excluding hydrogens is 318 g/mol. The third-order valence-corrected chi connectivity index (χ3v) is 4.34. The standard InChI is InChI=1S/C13H17BrF2N2O/c1-7-8(4-5-19-7)12(18-17)6-9-11(15)3-2-10(14)13(9)16/h2-3,7-8,12,18H,4-6,17H2,1H3. The van der Waals surface area contributed by atoms with E-state index in [2.05, 4.69) is 21.4 Å². The molecule has 0 bridgehead atoms. The van der Waals surface area contributed by atoms with Gasteiger partial charge in [-0.1, -0.05) is 0 Å². The highest BCUT2D eigenvalue weighted by Crippen LogP contribution is 2.28. The van der Waals surface area contributed by atoms with Crippen LogP contribution in [0.25, 0.3) is 0 Å². The first kappa shape index (κ1) is 14.8. The van der Waals surface area contributed by atoms with E-state index in [9.17, 15) is 8.78 Å². The summed E-state index contributed by atoms with van der Waals surface area (Å²) in [6.07, 6.45) is 1.08. The molecule has 0 aliphatic carbocycles. The summed E-state index contributed by atoms with van der Waals surface area (Å²) in [6.45, 7) is 2.61. The highest BCUT2D eigenvalue weighted by Gasteiger charge is 2.32. The van der Waals surface area contributed by atoms with Crippen molar-refractivity contribution in [2.24, 2.45) is 11.8 Å². The van der Waals surface area contributed by atoms with Gasteiger partial charge in [-0.3, -0.25) is 11.3 Å². The van der Waals surface area contributed by atoms with E-state index in [0.717, 1.165) is 6.42 Å². The quantitative estimate of drug-likeness (QED) is 0.505. The van der Waals surface area contributed by atoms with E-state index >= 15 is 0 Å². The van der Waals surface area contributed by atoms with Crippen molar-refractivity contribution < 1.29 is 13.5 Å².